The fourth-order valence-corrected chi connectivity index (χ4v) is 3.41. The van der Waals surface area contributed by atoms with E-state index in [2.05, 4.69) is 10.3 Å². The SMILES string of the molecule is CC(C(=O)NCc1ccc2c(c1)n(C)c(=O)n2C)n1cnc2ccccc21. The summed E-state index contributed by atoms with van der Waals surface area (Å²) < 4.78 is 5.10. The molecule has 0 aliphatic heterocycles. The van der Waals surface area contributed by atoms with Crippen LogP contribution in [-0.4, -0.2) is 24.6 Å². The molecule has 0 aliphatic rings. The van der Waals surface area contributed by atoms with Crippen LogP contribution in [0.4, 0.5) is 0 Å². The Morgan fingerprint density at radius 3 is 2.63 bits per heavy atom. The zero-order chi connectivity index (χ0) is 19.1. The number of fused-ring (bicyclic) bond motifs is 2. The van der Waals surface area contributed by atoms with Crippen LogP contribution >= 0.6 is 0 Å². The van der Waals surface area contributed by atoms with Crippen molar-refractivity contribution in [2.45, 2.75) is 19.5 Å². The number of benzene rings is 2. The van der Waals surface area contributed by atoms with Gasteiger partial charge in [0.25, 0.3) is 0 Å². The second-order valence-electron chi connectivity index (χ2n) is 6.76. The molecule has 138 valence electrons. The molecule has 2 heterocycles. The number of nitrogens with one attached hydrogen (secondary N) is 1. The Morgan fingerprint density at radius 1 is 1.07 bits per heavy atom. The Kier molecular flexibility index (Phi) is 4.07. The molecule has 4 rings (SSSR count). The summed E-state index contributed by atoms with van der Waals surface area (Å²) in [6.07, 6.45) is 1.70. The molecule has 0 radical (unpaired) electrons. The minimum absolute atomic E-state index is 0.0632. The molecule has 2 aromatic heterocycles. The molecule has 1 amide bonds. The Bertz CT molecular complexity index is 1210. The zero-order valence-electron chi connectivity index (χ0n) is 15.5. The van der Waals surface area contributed by atoms with E-state index in [4.69, 9.17) is 0 Å². The number of para-hydroxylation sites is 2. The van der Waals surface area contributed by atoms with Crippen molar-refractivity contribution in [1.29, 1.82) is 0 Å². The largest absolute Gasteiger partial charge is 0.350 e. The predicted octanol–water partition coefficient (Wildman–Crippen LogP) is 2.10. The molecule has 0 saturated heterocycles. The normalized spacial score (nSPS) is 12.6. The number of amides is 1. The van der Waals surface area contributed by atoms with Crippen LogP contribution in [-0.2, 0) is 25.4 Å². The molecule has 1 atom stereocenters. The molecule has 4 aromatic rings. The lowest BCUT2D eigenvalue weighted by Gasteiger charge is -2.15. The summed E-state index contributed by atoms with van der Waals surface area (Å²) in [5, 5.41) is 2.98. The highest BCUT2D eigenvalue weighted by Crippen LogP contribution is 2.18. The molecule has 0 saturated carbocycles. The van der Waals surface area contributed by atoms with Gasteiger partial charge in [0.15, 0.2) is 0 Å². The third-order valence-electron chi connectivity index (χ3n) is 5.08. The number of carbonyl (C=O) groups is 1. The smallest absolute Gasteiger partial charge is 0.328 e. The van der Waals surface area contributed by atoms with Crippen molar-refractivity contribution in [3.05, 3.63) is 64.8 Å². The lowest BCUT2D eigenvalue weighted by molar-refractivity contribution is -0.123. The van der Waals surface area contributed by atoms with Crippen LogP contribution in [0.3, 0.4) is 0 Å². The topological polar surface area (TPSA) is 73.8 Å². The molecule has 0 aliphatic carbocycles. The van der Waals surface area contributed by atoms with E-state index in [0.29, 0.717) is 6.54 Å². The first-order valence-corrected chi connectivity index (χ1v) is 8.81. The lowest BCUT2D eigenvalue weighted by Crippen LogP contribution is -2.30. The van der Waals surface area contributed by atoms with Crippen molar-refractivity contribution in [1.82, 2.24) is 24.0 Å². The second kappa shape index (κ2) is 6.42. The van der Waals surface area contributed by atoms with Gasteiger partial charge in [-0.1, -0.05) is 18.2 Å². The van der Waals surface area contributed by atoms with Crippen molar-refractivity contribution in [2.24, 2.45) is 14.1 Å². The highest BCUT2D eigenvalue weighted by Gasteiger charge is 2.17. The molecule has 1 N–H and O–H groups in total. The summed E-state index contributed by atoms with van der Waals surface area (Å²) in [6.45, 7) is 2.25. The number of aromatic nitrogens is 4. The van der Waals surface area contributed by atoms with Crippen molar-refractivity contribution < 1.29 is 4.79 Å². The highest BCUT2D eigenvalue weighted by atomic mass is 16.2. The van der Waals surface area contributed by atoms with Crippen LogP contribution in [0.15, 0.2) is 53.6 Å². The maximum atomic E-state index is 12.6. The Labute approximate surface area is 155 Å². The van der Waals surface area contributed by atoms with E-state index in [1.54, 1.807) is 29.6 Å². The van der Waals surface area contributed by atoms with E-state index in [1.165, 1.54) is 0 Å². The van der Waals surface area contributed by atoms with Crippen molar-refractivity contribution in [2.75, 3.05) is 0 Å². The predicted molar refractivity (Wildman–Crippen MR) is 104 cm³/mol. The first-order valence-electron chi connectivity index (χ1n) is 8.81. The van der Waals surface area contributed by atoms with E-state index >= 15 is 0 Å². The van der Waals surface area contributed by atoms with Gasteiger partial charge >= 0.3 is 5.69 Å². The van der Waals surface area contributed by atoms with Gasteiger partial charge in [0, 0.05) is 20.6 Å². The van der Waals surface area contributed by atoms with E-state index in [-0.39, 0.29) is 17.6 Å². The number of hydrogen-bond acceptors (Lipinski definition) is 3. The number of rotatable bonds is 4. The van der Waals surface area contributed by atoms with E-state index in [9.17, 15) is 9.59 Å². The Balaban J connectivity index is 1.53. The molecule has 0 spiro atoms. The fourth-order valence-electron chi connectivity index (χ4n) is 3.41. The number of aryl methyl sites for hydroxylation is 2. The molecule has 7 nitrogen and oxygen atoms in total. The monoisotopic (exact) mass is 363 g/mol. The van der Waals surface area contributed by atoms with Crippen LogP contribution < -0.4 is 11.0 Å². The Hall–Kier alpha value is -3.35. The van der Waals surface area contributed by atoms with Crippen molar-refractivity contribution >= 4 is 28.0 Å². The van der Waals surface area contributed by atoms with Crippen LogP contribution in [0.2, 0.25) is 0 Å². The summed E-state index contributed by atoms with van der Waals surface area (Å²) in [5.41, 5.74) is 4.40. The maximum absolute atomic E-state index is 12.6. The maximum Gasteiger partial charge on any atom is 0.328 e. The first-order chi connectivity index (χ1) is 13.0. The molecule has 27 heavy (non-hydrogen) atoms. The number of imidazole rings is 2. The zero-order valence-corrected chi connectivity index (χ0v) is 15.5. The van der Waals surface area contributed by atoms with Crippen LogP contribution in [0.1, 0.15) is 18.5 Å². The van der Waals surface area contributed by atoms with Crippen LogP contribution in [0, 0.1) is 0 Å². The molecule has 0 fully saturated rings. The van der Waals surface area contributed by atoms with E-state index < -0.39 is 0 Å². The van der Waals surface area contributed by atoms with Crippen LogP contribution in [0.5, 0.6) is 0 Å². The molecule has 7 heteroatoms. The van der Waals surface area contributed by atoms with Gasteiger partial charge in [0.1, 0.15) is 6.04 Å². The van der Waals surface area contributed by atoms with E-state index in [1.807, 2.05) is 54.0 Å². The first kappa shape index (κ1) is 17.1. The molecular formula is C20H21N5O2. The van der Waals surface area contributed by atoms with Crippen molar-refractivity contribution in [3.8, 4) is 0 Å². The summed E-state index contributed by atoms with van der Waals surface area (Å²) in [5.74, 6) is -0.0831. The van der Waals surface area contributed by atoms with Gasteiger partial charge in [-0.2, -0.15) is 0 Å². The average molecular weight is 363 g/mol. The van der Waals surface area contributed by atoms with Gasteiger partial charge in [0.2, 0.25) is 5.91 Å². The van der Waals surface area contributed by atoms with Gasteiger partial charge in [-0.05, 0) is 36.8 Å². The summed E-state index contributed by atoms with van der Waals surface area (Å²) >= 11 is 0. The number of hydrogen-bond donors (Lipinski definition) is 1. The third kappa shape index (κ3) is 2.81. The minimum Gasteiger partial charge on any atom is -0.350 e. The summed E-state index contributed by atoms with van der Waals surface area (Å²) in [6, 6.07) is 13.1. The van der Waals surface area contributed by atoms with E-state index in [0.717, 1.165) is 27.6 Å². The highest BCUT2D eigenvalue weighted by molar-refractivity contribution is 5.83. The van der Waals surface area contributed by atoms with Gasteiger partial charge in [-0.15, -0.1) is 0 Å². The van der Waals surface area contributed by atoms with Crippen molar-refractivity contribution in [3.63, 3.8) is 0 Å². The molecule has 0 bridgehead atoms. The van der Waals surface area contributed by atoms with Gasteiger partial charge in [0.05, 0.1) is 28.4 Å². The fraction of sp³-hybridized carbons (Fsp3) is 0.250. The molecule has 1 unspecified atom stereocenters. The van der Waals surface area contributed by atoms with Gasteiger partial charge < -0.3 is 9.88 Å². The third-order valence-corrected chi connectivity index (χ3v) is 5.08. The molecule has 2 aromatic carbocycles. The Morgan fingerprint density at radius 2 is 1.81 bits per heavy atom. The number of carbonyl (C=O) groups excluding carboxylic acids is 1. The van der Waals surface area contributed by atoms with Crippen LogP contribution in [0.25, 0.3) is 22.1 Å². The van der Waals surface area contributed by atoms with Gasteiger partial charge in [-0.25, -0.2) is 9.78 Å². The van der Waals surface area contributed by atoms with Gasteiger partial charge in [-0.3, -0.25) is 13.9 Å². The average Bonchev–Trinajstić information content (AvgIpc) is 3.21. The minimum atomic E-state index is -0.373. The lowest BCUT2D eigenvalue weighted by atomic mass is 10.2. The summed E-state index contributed by atoms with van der Waals surface area (Å²) in [4.78, 5) is 29.0. The quantitative estimate of drug-likeness (QED) is 0.603. The number of nitrogens with zero attached hydrogens (tertiary/aromatic N) is 4. The molecular weight excluding hydrogens is 342 g/mol. The standard InChI is InChI=1S/C20H21N5O2/c1-13(25-12-22-15-6-4-5-7-16(15)25)19(26)21-11-14-8-9-17-18(10-14)24(3)20(27)23(17)2/h4-10,12-13H,11H2,1-3H3,(H,21,26). The second-order valence-corrected chi connectivity index (χ2v) is 6.76. The summed E-state index contributed by atoms with van der Waals surface area (Å²) in [7, 11) is 3.50.